The number of nitro groups is 1. The number of nitrogens with zero attached hydrogens (tertiary/aromatic N) is 2. The summed E-state index contributed by atoms with van der Waals surface area (Å²) in [5.74, 6) is 0. The second-order valence-corrected chi connectivity index (χ2v) is 9.00. The molecule has 1 aliphatic heterocycles. The fourth-order valence-corrected chi connectivity index (χ4v) is 4.67. The normalized spacial score (nSPS) is 14.1. The molecule has 29 heavy (non-hydrogen) atoms. The lowest BCUT2D eigenvalue weighted by atomic mass is 9.99. The van der Waals surface area contributed by atoms with Gasteiger partial charge in [0.2, 0.25) is 10.0 Å². The third-order valence-electron chi connectivity index (χ3n) is 4.79. The van der Waals surface area contributed by atoms with Crippen molar-refractivity contribution in [3.05, 3.63) is 68.7 Å². The Labute approximate surface area is 181 Å². The molecule has 0 bridgehead atoms. The second kappa shape index (κ2) is 10.4. The number of hydrogen-bond acceptors (Lipinski definition) is 5. The molecule has 2 aromatic carbocycles. The van der Waals surface area contributed by atoms with E-state index in [9.17, 15) is 18.5 Å². The van der Waals surface area contributed by atoms with Gasteiger partial charge in [0, 0.05) is 36.8 Å². The van der Waals surface area contributed by atoms with E-state index in [4.69, 9.17) is 11.6 Å². The van der Waals surface area contributed by atoms with Gasteiger partial charge in [-0.25, -0.2) is 13.1 Å². The third-order valence-corrected chi connectivity index (χ3v) is 6.49. The van der Waals surface area contributed by atoms with Gasteiger partial charge in [0.15, 0.2) is 0 Å². The molecule has 7 nitrogen and oxygen atoms in total. The molecule has 0 radical (unpaired) electrons. The highest BCUT2D eigenvalue weighted by molar-refractivity contribution is 7.89. The van der Waals surface area contributed by atoms with Crippen molar-refractivity contribution in [3.63, 3.8) is 0 Å². The minimum atomic E-state index is -3.55. The van der Waals surface area contributed by atoms with Crippen LogP contribution in [0.5, 0.6) is 0 Å². The van der Waals surface area contributed by atoms with Crippen molar-refractivity contribution in [1.29, 1.82) is 0 Å². The number of halogens is 2. The fourth-order valence-electron chi connectivity index (χ4n) is 3.29. The van der Waals surface area contributed by atoms with E-state index in [1.807, 2.05) is 6.07 Å². The van der Waals surface area contributed by atoms with Gasteiger partial charge in [-0.15, -0.1) is 12.4 Å². The first kappa shape index (κ1) is 23.6. The van der Waals surface area contributed by atoms with Crippen LogP contribution >= 0.6 is 24.0 Å². The van der Waals surface area contributed by atoms with Gasteiger partial charge in [0.05, 0.1) is 9.82 Å². The summed E-state index contributed by atoms with van der Waals surface area (Å²) in [5, 5.41) is 11.3. The Bertz CT molecular complexity index is 970. The Hall–Kier alpha value is -1.71. The maximum Gasteiger partial charge on any atom is 0.269 e. The van der Waals surface area contributed by atoms with Crippen molar-refractivity contribution in [2.45, 2.75) is 30.7 Å². The number of nitro benzene ring substituents is 1. The zero-order valence-electron chi connectivity index (χ0n) is 15.7. The number of hydrogen-bond donors (Lipinski definition) is 1. The van der Waals surface area contributed by atoms with Crippen LogP contribution in [-0.2, 0) is 23.0 Å². The van der Waals surface area contributed by atoms with Crippen LogP contribution in [0.2, 0.25) is 5.02 Å². The molecule has 0 unspecified atom stereocenters. The lowest BCUT2D eigenvalue weighted by molar-refractivity contribution is -0.385. The van der Waals surface area contributed by atoms with Crippen molar-refractivity contribution in [1.82, 2.24) is 9.62 Å². The highest BCUT2D eigenvalue weighted by atomic mass is 35.5. The average Bonchev–Trinajstić information content (AvgIpc) is 2.67. The predicted octanol–water partition coefficient (Wildman–Crippen LogP) is 3.79. The van der Waals surface area contributed by atoms with Gasteiger partial charge in [-0.3, -0.25) is 15.0 Å². The molecule has 0 spiro atoms. The molecule has 10 heteroatoms. The Morgan fingerprint density at radius 2 is 1.93 bits per heavy atom. The summed E-state index contributed by atoms with van der Waals surface area (Å²) in [6.45, 7) is 2.76. The molecule has 158 valence electrons. The molecule has 3 rings (SSSR count). The SMILES string of the molecule is Cl.O=[N+]([O-])c1ccc2c(c1)CN(CCCCNS(=O)(=O)c1cccc(Cl)c1)CC2. The smallest absolute Gasteiger partial charge is 0.269 e. The molecular weight excluding hydrogens is 437 g/mol. The largest absolute Gasteiger partial charge is 0.299 e. The summed E-state index contributed by atoms with van der Waals surface area (Å²) in [5.41, 5.74) is 2.29. The molecule has 0 fully saturated rings. The average molecular weight is 460 g/mol. The third kappa shape index (κ3) is 6.38. The van der Waals surface area contributed by atoms with Gasteiger partial charge >= 0.3 is 0 Å². The Kier molecular flexibility index (Phi) is 8.42. The quantitative estimate of drug-likeness (QED) is 0.368. The number of unbranched alkanes of at least 4 members (excludes halogenated alkanes) is 1. The van der Waals surface area contributed by atoms with Crippen molar-refractivity contribution in [2.75, 3.05) is 19.6 Å². The number of sulfonamides is 1. The summed E-state index contributed by atoms with van der Waals surface area (Å²) in [4.78, 5) is 13.0. The highest BCUT2D eigenvalue weighted by Crippen LogP contribution is 2.24. The molecule has 0 saturated heterocycles. The number of rotatable bonds is 8. The van der Waals surface area contributed by atoms with Gasteiger partial charge < -0.3 is 0 Å². The van der Waals surface area contributed by atoms with Crippen molar-refractivity contribution in [3.8, 4) is 0 Å². The molecular formula is C19H23Cl2N3O4S. The van der Waals surface area contributed by atoms with Crippen LogP contribution in [0.3, 0.4) is 0 Å². The second-order valence-electron chi connectivity index (χ2n) is 6.80. The monoisotopic (exact) mass is 459 g/mol. The molecule has 1 aliphatic rings. The summed E-state index contributed by atoms with van der Waals surface area (Å²) >= 11 is 5.85. The van der Waals surface area contributed by atoms with Crippen LogP contribution in [0, 0.1) is 10.1 Å². The summed E-state index contributed by atoms with van der Waals surface area (Å²) in [6.07, 6.45) is 2.41. The summed E-state index contributed by atoms with van der Waals surface area (Å²) < 4.78 is 27.1. The molecule has 1 heterocycles. The van der Waals surface area contributed by atoms with Crippen LogP contribution in [0.15, 0.2) is 47.4 Å². The molecule has 1 N–H and O–H groups in total. The van der Waals surface area contributed by atoms with Crippen molar-refractivity contribution >= 4 is 39.7 Å². The Morgan fingerprint density at radius 3 is 2.66 bits per heavy atom. The van der Waals surface area contributed by atoms with E-state index in [-0.39, 0.29) is 27.9 Å². The maximum atomic E-state index is 12.2. The van der Waals surface area contributed by atoms with Crippen LogP contribution in [-0.4, -0.2) is 37.9 Å². The van der Waals surface area contributed by atoms with Gasteiger partial charge in [-0.1, -0.05) is 23.7 Å². The van der Waals surface area contributed by atoms with Crippen molar-refractivity contribution < 1.29 is 13.3 Å². The Morgan fingerprint density at radius 1 is 1.14 bits per heavy atom. The van der Waals surface area contributed by atoms with E-state index < -0.39 is 10.0 Å². The molecule has 0 aromatic heterocycles. The van der Waals surface area contributed by atoms with Crippen molar-refractivity contribution in [2.24, 2.45) is 0 Å². The molecule has 0 aliphatic carbocycles. The van der Waals surface area contributed by atoms with Crippen LogP contribution in [0.25, 0.3) is 0 Å². The Balaban J connectivity index is 0.00000300. The summed E-state index contributed by atoms with van der Waals surface area (Å²) in [6, 6.07) is 11.2. The molecule has 0 saturated carbocycles. The van der Waals surface area contributed by atoms with E-state index in [1.165, 1.54) is 12.1 Å². The molecule has 0 atom stereocenters. The van der Waals surface area contributed by atoms with Crippen LogP contribution < -0.4 is 4.72 Å². The number of non-ortho nitro benzene ring substituents is 1. The van der Waals surface area contributed by atoms with Gasteiger partial charge in [-0.05, 0) is 55.1 Å². The van der Waals surface area contributed by atoms with E-state index in [0.717, 1.165) is 37.1 Å². The fraction of sp³-hybridized carbons (Fsp3) is 0.368. The number of nitrogens with one attached hydrogen (secondary N) is 1. The first-order chi connectivity index (χ1) is 13.3. The highest BCUT2D eigenvalue weighted by Gasteiger charge is 2.19. The first-order valence-electron chi connectivity index (χ1n) is 9.09. The minimum Gasteiger partial charge on any atom is -0.299 e. The maximum absolute atomic E-state index is 12.2. The molecule has 2 aromatic rings. The lowest BCUT2D eigenvalue weighted by Gasteiger charge is -2.28. The van der Waals surface area contributed by atoms with Gasteiger partial charge in [0.25, 0.3) is 5.69 Å². The summed E-state index contributed by atoms with van der Waals surface area (Å²) in [7, 11) is -3.55. The zero-order valence-corrected chi connectivity index (χ0v) is 18.1. The lowest BCUT2D eigenvalue weighted by Crippen LogP contribution is -2.32. The van der Waals surface area contributed by atoms with Crippen LogP contribution in [0.4, 0.5) is 5.69 Å². The van der Waals surface area contributed by atoms with Gasteiger partial charge in [-0.2, -0.15) is 0 Å². The van der Waals surface area contributed by atoms with E-state index in [1.54, 1.807) is 24.3 Å². The first-order valence-corrected chi connectivity index (χ1v) is 10.9. The molecule has 0 amide bonds. The van der Waals surface area contributed by atoms with E-state index in [2.05, 4.69) is 9.62 Å². The van der Waals surface area contributed by atoms with E-state index >= 15 is 0 Å². The minimum absolute atomic E-state index is 0. The topological polar surface area (TPSA) is 92.6 Å². The van der Waals surface area contributed by atoms with Crippen LogP contribution in [0.1, 0.15) is 24.0 Å². The van der Waals surface area contributed by atoms with Gasteiger partial charge in [0.1, 0.15) is 0 Å². The predicted molar refractivity (Wildman–Crippen MR) is 115 cm³/mol. The zero-order chi connectivity index (χ0) is 20.1. The number of benzene rings is 2. The number of fused-ring (bicyclic) bond motifs is 1. The standard InChI is InChI=1S/C19H22ClN3O4S.ClH/c20-17-4-3-5-19(13-17)28(26,27)21-9-1-2-10-22-11-8-15-6-7-18(23(24)25)12-16(15)14-22;/h3-7,12-13,21H,1-2,8-11,14H2;1H. The van der Waals surface area contributed by atoms with E-state index in [0.29, 0.717) is 24.5 Å².